The summed E-state index contributed by atoms with van der Waals surface area (Å²) >= 11 is 0. The van der Waals surface area contributed by atoms with Crippen LogP contribution in [0.25, 0.3) is 0 Å². The first-order chi connectivity index (χ1) is 11.2. The molecule has 2 atom stereocenters. The maximum Gasteiger partial charge on any atom is 0.193 e. The van der Waals surface area contributed by atoms with Crippen LogP contribution < -0.4 is 5.32 Å². The summed E-state index contributed by atoms with van der Waals surface area (Å²) in [5.74, 6) is 1.97. The smallest absolute Gasteiger partial charge is 0.193 e. The molecule has 0 spiro atoms. The first kappa shape index (κ1) is 21.2. The Balaban J connectivity index is 0.00000288. The average Bonchev–Trinajstić information content (AvgIpc) is 3.04. The normalized spacial score (nSPS) is 22.3. The van der Waals surface area contributed by atoms with Crippen LogP contribution in [0.5, 0.6) is 0 Å². The number of guanidine groups is 1. The lowest BCUT2D eigenvalue weighted by Gasteiger charge is -2.45. The summed E-state index contributed by atoms with van der Waals surface area (Å²) in [5.41, 5.74) is 0. The number of nitrogens with zero attached hydrogens (tertiary/aromatic N) is 3. The molecular formula is C17H31IN4O2. The van der Waals surface area contributed by atoms with Gasteiger partial charge in [-0.1, -0.05) is 0 Å². The van der Waals surface area contributed by atoms with Gasteiger partial charge >= 0.3 is 0 Å². The third-order valence-electron chi connectivity index (χ3n) is 4.40. The fourth-order valence-corrected chi connectivity index (χ4v) is 3.25. The molecule has 6 nitrogen and oxygen atoms in total. The fourth-order valence-electron chi connectivity index (χ4n) is 3.25. The maximum absolute atomic E-state index is 5.37. The van der Waals surface area contributed by atoms with Crippen LogP contribution in [0.3, 0.4) is 0 Å². The highest BCUT2D eigenvalue weighted by molar-refractivity contribution is 14.0. The van der Waals surface area contributed by atoms with Gasteiger partial charge in [-0.2, -0.15) is 0 Å². The van der Waals surface area contributed by atoms with Gasteiger partial charge < -0.3 is 19.4 Å². The van der Waals surface area contributed by atoms with E-state index in [2.05, 4.69) is 34.0 Å². The molecule has 0 aromatic carbocycles. The largest absolute Gasteiger partial charge is 0.469 e. The molecule has 1 aromatic heterocycles. The first-order valence-electron chi connectivity index (χ1n) is 8.38. The van der Waals surface area contributed by atoms with Crippen molar-refractivity contribution in [2.45, 2.75) is 32.4 Å². The number of hydrogen-bond acceptors (Lipinski definition) is 4. The lowest BCUT2D eigenvalue weighted by molar-refractivity contribution is 0.0444. The van der Waals surface area contributed by atoms with Crippen LogP contribution in [0.15, 0.2) is 27.8 Å². The van der Waals surface area contributed by atoms with Gasteiger partial charge in [-0.15, -0.1) is 24.0 Å². The zero-order chi connectivity index (χ0) is 16.7. The number of furan rings is 1. The quantitative estimate of drug-likeness (QED) is 0.409. The molecule has 2 unspecified atom stereocenters. The van der Waals surface area contributed by atoms with Gasteiger partial charge in [0.05, 0.1) is 12.9 Å². The summed E-state index contributed by atoms with van der Waals surface area (Å²) in [7, 11) is 3.61. The third-order valence-corrected chi connectivity index (χ3v) is 4.40. The Labute approximate surface area is 162 Å². The van der Waals surface area contributed by atoms with Crippen molar-refractivity contribution in [1.82, 2.24) is 15.1 Å². The van der Waals surface area contributed by atoms with Gasteiger partial charge in [-0.3, -0.25) is 9.89 Å². The van der Waals surface area contributed by atoms with Crippen LogP contribution in [-0.4, -0.2) is 74.8 Å². The van der Waals surface area contributed by atoms with Gasteiger partial charge in [-0.05, 0) is 26.0 Å². The van der Waals surface area contributed by atoms with Crippen LogP contribution in [0.4, 0.5) is 0 Å². The van der Waals surface area contributed by atoms with Gasteiger partial charge in [0, 0.05) is 58.8 Å². The molecule has 1 aromatic rings. The van der Waals surface area contributed by atoms with E-state index >= 15 is 0 Å². The van der Waals surface area contributed by atoms with E-state index in [0.29, 0.717) is 12.1 Å². The predicted octanol–water partition coefficient (Wildman–Crippen LogP) is 2.06. The molecule has 0 amide bonds. The third kappa shape index (κ3) is 5.93. The molecule has 24 heavy (non-hydrogen) atoms. The molecule has 2 rings (SSSR count). The molecule has 1 saturated heterocycles. The average molecular weight is 450 g/mol. The molecule has 0 aliphatic carbocycles. The van der Waals surface area contributed by atoms with Crippen molar-refractivity contribution < 1.29 is 9.15 Å². The van der Waals surface area contributed by atoms with Gasteiger partial charge in [0.25, 0.3) is 0 Å². The monoisotopic (exact) mass is 450 g/mol. The molecule has 0 bridgehead atoms. The molecule has 2 heterocycles. The Morgan fingerprint density at radius 2 is 2.08 bits per heavy atom. The SMILES string of the molecule is CN=C(NCCc1ccco1)N1CC(C)N(CCOC)C(C)C1.I. The highest BCUT2D eigenvalue weighted by Crippen LogP contribution is 2.15. The molecule has 1 aliphatic rings. The van der Waals surface area contributed by atoms with Gasteiger partial charge in [0.15, 0.2) is 5.96 Å². The number of ether oxygens (including phenoxy) is 1. The molecule has 7 heteroatoms. The van der Waals surface area contributed by atoms with Crippen LogP contribution in [0.2, 0.25) is 0 Å². The Hall–Kier alpha value is -0.800. The van der Waals surface area contributed by atoms with Crippen molar-refractivity contribution in [3.8, 4) is 0 Å². The van der Waals surface area contributed by atoms with Gasteiger partial charge in [-0.25, -0.2) is 0 Å². The molecule has 1 fully saturated rings. The van der Waals surface area contributed by atoms with Crippen LogP contribution in [0, 0.1) is 0 Å². The summed E-state index contributed by atoms with van der Waals surface area (Å²) < 4.78 is 10.6. The highest BCUT2D eigenvalue weighted by atomic mass is 127. The van der Waals surface area contributed by atoms with Crippen molar-refractivity contribution in [3.05, 3.63) is 24.2 Å². The number of methoxy groups -OCH3 is 1. The van der Waals surface area contributed by atoms with Gasteiger partial charge in [0.2, 0.25) is 0 Å². The van der Waals surface area contributed by atoms with Crippen molar-refractivity contribution in [1.29, 1.82) is 0 Å². The van der Waals surface area contributed by atoms with E-state index in [-0.39, 0.29) is 24.0 Å². The topological polar surface area (TPSA) is 53.2 Å². The van der Waals surface area contributed by atoms with Crippen molar-refractivity contribution in [2.75, 3.05) is 46.9 Å². The van der Waals surface area contributed by atoms with Crippen molar-refractivity contribution in [3.63, 3.8) is 0 Å². The fraction of sp³-hybridized carbons (Fsp3) is 0.706. The minimum absolute atomic E-state index is 0. The maximum atomic E-state index is 5.37. The number of piperazine rings is 1. The second kappa shape index (κ2) is 10.9. The van der Waals surface area contributed by atoms with E-state index in [0.717, 1.165) is 50.9 Å². The van der Waals surface area contributed by atoms with E-state index in [9.17, 15) is 0 Å². The second-order valence-electron chi connectivity index (χ2n) is 6.14. The lowest BCUT2D eigenvalue weighted by atomic mass is 10.1. The zero-order valence-electron chi connectivity index (χ0n) is 15.2. The zero-order valence-corrected chi connectivity index (χ0v) is 17.5. The summed E-state index contributed by atoms with van der Waals surface area (Å²) in [6, 6.07) is 4.89. The molecule has 138 valence electrons. The first-order valence-corrected chi connectivity index (χ1v) is 8.38. The summed E-state index contributed by atoms with van der Waals surface area (Å²) in [4.78, 5) is 9.30. The van der Waals surface area contributed by atoms with Crippen LogP contribution in [-0.2, 0) is 11.2 Å². The molecule has 0 radical (unpaired) electrons. The summed E-state index contributed by atoms with van der Waals surface area (Å²) in [6.45, 7) is 9.10. The van der Waals surface area contributed by atoms with E-state index in [1.807, 2.05) is 19.2 Å². The second-order valence-corrected chi connectivity index (χ2v) is 6.14. The van der Waals surface area contributed by atoms with Crippen molar-refractivity contribution >= 4 is 29.9 Å². The van der Waals surface area contributed by atoms with Crippen LogP contribution >= 0.6 is 24.0 Å². The standard InChI is InChI=1S/C17H30N4O2.HI/c1-14-12-20(13-15(2)21(14)9-11-22-4)17(18-3)19-8-7-16-6-5-10-23-16;/h5-6,10,14-15H,7-9,11-13H2,1-4H3,(H,18,19);1H. The highest BCUT2D eigenvalue weighted by Gasteiger charge is 2.30. The summed E-state index contributed by atoms with van der Waals surface area (Å²) in [6.07, 6.45) is 2.58. The number of hydrogen-bond donors (Lipinski definition) is 1. The van der Waals surface area contributed by atoms with E-state index < -0.39 is 0 Å². The van der Waals surface area contributed by atoms with E-state index in [1.54, 1.807) is 13.4 Å². The number of nitrogens with one attached hydrogen (secondary N) is 1. The minimum Gasteiger partial charge on any atom is -0.469 e. The summed E-state index contributed by atoms with van der Waals surface area (Å²) in [5, 5.41) is 3.45. The van der Waals surface area contributed by atoms with E-state index in [1.165, 1.54) is 0 Å². The lowest BCUT2D eigenvalue weighted by Crippen LogP contribution is -2.60. The minimum atomic E-state index is 0. The molecule has 0 saturated carbocycles. The molecule has 1 aliphatic heterocycles. The predicted molar refractivity (Wildman–Crippen MR) is 108 cm³/mol. The van der Waals surface area contributed by atoms with E-state index in [4.69, 9.17) is 9.15 Å². The Morgan fingerprint density at radius 3 is 2.62 bits per heavy atom. The number of rotatable bonds is 6. The van der Waals surface area contributed by atoms with Crippen molar-refractivity contribution in [2.24, 2.45) is 4.99 Å². The Kier molecular flexibility index (Phi) is 9.68. The number of halogens is 1. The number of aliphatic imine (C=N–C) groups is 1. The Morgan fingerprint density at radius 1 is 1.38 bits per heavy atom. The van der Waals surface area contributed by atoms with Gasteiger partial charge in [0.1, 0.15) is 5.76 Å². The van der Waals surface area contributed by atoms with Crippen LogP contribution in [0.1, 0.15) is 19.6 Å². The Bertz CT molecular complexity index is 469. The molecule has 1 N–H and O–H groups in total. The molecular weight excluding hydrogens is 419 g/mol.